The second kappa shape index (κ2) is 5.62. The van der Waals surface area contributed by atoms with E-state index in [4.69, 9.17) is 0 Å². The molecule has 0 fully saturated rings. The predicted octanol–water partition coefficient (Wildman–Crippen LogP) is 1.51. The minimum atomic E-state index is -4.67. The maximum Gasteiger partial charge on any atom is 0.450 e. The smallest absolute Gasteiger partial charge is 0.331 e. The second-order valence-electron chi connectivity index (χ2n) is 3.26. The molecule has 3 nitrogen and oxygen atoms in total. The third-order valence-corrected chi connectivity index (χ3v) is 2.01. The van der Waals surface area contributed by atoms with E-state index in [0.29, 0.717) is 11.0 Å². The standard InChI is InChI=1S/C10H11F4N3/c1-15-8(10(12,13)14)9(11)17-16-7-5-3-2-4-6-7/h2-6,8,15-16H,1H3/p+1/b17-9+/t8-/m0/s1. The van der Waals surface area contributed by atoms with Crippen molar-refractivity contribution < 1.29 is 22.9 Å². The number of hydrazone groups is 1. The molecular weight excluding hydrogens is 238 g/mol. The fourth-order valence-electron chi connectivity index (χ4n) is 1.16. The van der Waals surface area contributed by atoms with Gasteiger partial charge in [-0.25, -0.2) is 0 Å². The fraction of sp³-hybridized carbons (Fsp3) is 0.300. The molecule has 1 aromatic rings. The van der Waals surface area contributed by atoms with Crippen LogP contribution in [0, 0.1) is 0 Å². The molecule has 1 atom stereocenters. The summed E-state index contributed by atoms with van der Waals surface area (Å²) in [5.41, 5.74) is 2.64. The van der Waals surface area contributed by atoms with E-state index in [0.717, 1.165) is 7.05 Å². The number of nitrogens with one attached hydrogen (secondary N) is 1. The number of hydrogen-bond donors (Lipinski definition) is 2. The number of nitrogens with zero attached hydrogens (tertiary/aromatic N) is 1. The Morgan fingerprint density at radius 2 is 1.88 bits per heavy atom. The number of alkyl halides is 3. The van der Waals surface area contributed by atoms with E-state index < -0.39 is 18.2 Å². The quantitative estimate of drug-likeness (QED) is 0.474. The zero-order valence-corrected chi connectivity index (χ0v) is 9.00. The first-order valence-corrected chi connectivity index (χ1v) is 4.85. The predicted molar refractivity (Wildman–Crippen MR) is 56.3 cm³/mol. The van der Waals surface area contributed by atoms with Crippen LogP contribution in [-0.2, 0) is 0 Å². The average molecular weight is 250 g/mol. The summed E-state index contributed by atoms with van der Waals surface area (Å²) in [5.74, 6) is -1.51. The van der Waals surface area contributed by atoms with Crippen molar-refractivity contribution in [3.05, 3.63) is 30.3 Å². The Morgan fingerprint density at radius 3 is 2.35 bits per heavy atom. The Labute approximate surface area is 95.5 Å². The van der Waals surface area contributed by atoms with Gasteiger partial charge in [0.15, 0.2) is 0 Å². The SMILES string of the molecule is C[NH2+][C@@H](/C(F)=N\Nc1ccccc1)C(F)(F)F. The highest BCUT2D eigenvalue weighted by atomic mass is 19.4. The number of para-hydroxylation sites is 1. The topological polar surface area (TPSA) is 41.0 Å². The van der Waals surface area contributed by atoms with Gasteiger partial charge in [-0.1, -0.05) is 18.2 Å². The van der Waals surface area contributed by atoms with Crippen molar-refractivity contribution in [2.24, 2.45) is 5.10 Å². The number of rotatable bonds is 4. The molecule has 0 amide bonds. The lowest BCUT2D eigenvalue weighted by atomic mass is 10.3. The van der Waals surface area contributed by atoms with Gasteiger partial charge in [0.1, 0.15) is 0 Å². The number of hydrogen-bond acceptors (Lipinski definition) is 2. The number of benzene rings is 1. The summed E-state index contributed by atoms with van der Waals surface area (Å²) >= 11 is 0. The minimum Gasteiger partial charge on any atom is -0.331 e. The van der Waals surface area contributed by atoms with Gasteiger partial charge in [-0.05, 0) is 12.1 Å². The van der Waals surface area contributed by atoms with Crippen LogP contribution in [0.15, 0.2) is 35.4 Å². The van der Waals surface area contributed by atoms with E-state index in [9.17, 15) is 17.6 Å². The molecule has 94 valence electrons. The van der Waals surface area contributed by atoms with Crippen molar-refractivity contribution in [1.29, 1.82) is 0 Å². The van der Waals surface area contributed by atoms with Gasteiger partial charge in [-0.3, -0.25) is 5.43 Å². The maximum atomic E-state index is 13.2. The Balaban J connectivity index is 2.72. The highest BCUT2D eigenvalue weighted by molar-refractivity contribution is 5.80. The molecule has 0 saturated heterocycles. The number of nitrogens with two attached hydrogens (primary N) is 1. The molecule has 1 rings (SSSR count). The van der Waals surface area contributed by atoms with Gasteiger partial charge in [0.05, 0.1) is 12.7 Å². The molecular formula is C10H12F4N3+. The third-order valence-electron chi connectivity index (χ3n) is 2.01. The monoisotopic (exact) mass is 250 g/mol. The lowest BCUT2D eigenvalue weighted by molar-refractivity contribution is -0.673. The molecule has 0 aromatic heterocycles. The van der Waals surface area contributed by atoms with E-state index in [2.05, 4.69) is 10.5 Å². The van der Waals surface area contributed by atoms with Crippen LogP contribution in [0.25, 0.3) is 0 Å². The molecule has 0 bridgehead atoms. The van der Waals surface area contributed by atoms with Crippen LogP contribution in [0.5, 0.6) is 0 Å². The minimum absolute atomic E-state index is 0.416. The number of anilines is 1. The highest BCUT2D eigenvalue weighted by Crippen LogP contribution is 2.19. The van der Waals surface area contributed by atoms with Crippen LogP contribution in [0.1, 0.15) is 0 Å². The van der Waals surface area contributed by atoms with Gasteiger partial charge < -0.3 is 5.32 Å². The molecule has 0 heterocycles. The largest absolute Gasteiger partial charge is 0.450 e. The summed E-state index contributed by atoms with van der Waals surface area (Å²) in [6.07, 6.45) is -4.67. The highest BCUT2D eigenvalue weighted by Gasteiger charge is 2.47. The van der Waals surface area contributed by atoms with Gasteiger partial charge in [0.2, 0.25) is 0 Å². The van der Waals surface area contributed by atoms with E-state index in [1.165, 1.54) is 0 Å². The zero-order valence-electron chi connectivity index (χ0n) is 9.00. The molecule has 0 unspecified atom stereocenters. The lowest BCUT2D eigenvalue weighted by Crippen LogP contribution is -2.91. The molecule has 0 aliphatic rings. The van der Waals surface area contributed by atoms with Crippen LogP contribution in [-0.4, -0.2) is 25.2 Å². The normalized spacial score (nSPS) is 14.5. The second-order valence-corrected chi connectivity index (χ2v) is 3.26. The molecule has 17 heavy (non-hydrogen) atoms. The van der Waals surface area contributed by atoms with Gasteiger partial charge in [0.25, 0.3) is 12.0 Å². The first kappa shape index (κ1) is 13.4. The van der Waals surface area contributed by atoms with E-state index in [-0.39, 0.29) is 0 Å². The van der Waals surface area contributed by atoms with E-state index in [1.54, 1.807) is 30.3 Å². The molecule has 3 N–H and O–H groups in total. The van der Waals surface area contributed by atoms with Crippen molar-refractivity contribution in [3.8, 4) is 0 Å². The first-order chi connectivity index (χ1) is 7.95. The molecule has 0 aliphatic carbocycles. The van der Waals surface area contributed by atoms with Crippen LogP contribution in [0.4, 0.5) is 23.2 Å². The molecule has 1 aromatic carbocycles. The van der Waals surface area contributed by atoms with Crippen LogP contribution < -0.4 is 10.7 Å². The molecule has 0 saturated carbocycles. The summed E-state index contributed by atoms with van der Waals surface area (Å²) in [7, 11) is 1.13. The van der Waals surface area contributed by atoms with E-state index in [1.807, 2.05) is 0 Å². The van der Waals surface area contributed by atoms with E-state index >= 15 is 0 Å². The van der Waals surface area contributed by atoms with Crippen LogP contribution >= 0.6 is 0 Å². The molecule has 7 heteroatoms. The Bertz CT molecular complexity index is 375. The Kier molecular flexibility index (Phi) is 4.45. The Hall–Kier alpha value is -1.63. The summed E-state index contributed by atoms with van der Waals surface area (Å²) in [6, 6.07) is 5.89. The van der Waals surface area contributed by atoms with Crippen LogP contribution in [0.2, 0.25) is 0 Å². The molecule has 0 aliphatic heterocycles. The molecule has 0 spiro atoms. The van der Waals surface area contributed by atoms with Crippen molar-refractivity contribution in [3.63, 3.8) is 0 Å². The van der Waals surface area contributed by atoms with Crippen molar-refractivity contribution in [1.82, 2.24) is 0 Å². The fourth-order valence-corrected chi connectivity index (χ4v) is 1.16. The summed E-state index contributed by atoms with van der Waals surface area (Å²) < 4.78 is 50.1. The number of halogens is 4. The van der Waals surface area contributed by atoms with Crippen molar-refractivity contribution in [2.75, 3.05) is 12.5 Å². The van der Waals surface area contributed by atoms with Gasteiger partial charge >= 0.3 is 6.18 Å². The van der Waals surface area contributed by atoms with Crippen molar-refractivity contribution in [2.45, 2.75) is 12.2 Å². The summed E-state index contributed by atoms with van der Waals surface area (Å²) in [6.45, 7) is 0. The van der Waals surface area contributed by atoms with Crippen molar-refractivity contribution >= 4 is 11.7 Å². The Morgan fingerprint density at radius 1 is 1.29 bits per heavy atom. The third kappa shape index (κ3) is 4.03. The number of quaternary nitrogens is 1. The first-order valence-electron chi connectivity index (χ1n) is 4.85. The van der Waals surface area contributed by atoms with Gasteiger partial charge in [0, 0.05) is 0 Å². The van der Waals surface area contributed by atoms with Gasteiger partial charge in [-0.2, -0.15) is 17.6 Å². The molecule has 0 radical (unpaired) electrons. The zero-order chi connectivity index (χ0) is 12.9. The maximum absolute atomic E-state index is 13.2. The summed E-state index contributed by atoms with van der Waals surface area (Å²) in [5, 5.41) is 3.79. The summed E-state index contributed by atoms with van der Waals surface area (Å²) in [4.78, 5) is 0. The lowest BCUT2D eigenvalue weighted by Gasteiger charge is -2.13. The van der Waals surface area contributed by atoms with Crippen LogP contribution in [0.3, 0.4) is 0 Å². The van der Waals surface area contributed by atoms with Gasteiger partial charge in [-0.15, -0.1) is 5.10 Å². The average Bonchev–Trinajstić information content (AvgIpc) is 2.27.